The Bertz CT molecular complexity index is 224. The van der Waals surface area contributed by atoms with Crippen LogP contribution >= 0.6 is 27.3 Å². The molecule has 0 aromatic carbocycles. The van der Waals surface area contributed by atoms with E-state index in [1.807, 2.05) is 6.92 Å². The third kappa shape index (κ3) is 2.87. The van der Waals surface area contributed by atoms with Gasteiger partial charge in [-0.3, -0.25) is 0 Å². The minimum absolute atomic E-state index is 0.655. The van der Waals surface area contributed by atoms with E-state index in [4.69, 9.17) is 0 Å². The zero-order chi connectivity index (χ0) is 8.27. The highest BCUT2D eigenvalue weighted by atomic mass is 79.9. The molecule has 1 heterocycles. The maximum Gasteiger partial charge on any atom is 0.117 e. The molecule has 11 heavy (non-hydrogen) atoms. The van der Waals surface area contributed by atoms with Crippen LogP contribution in [0, 0.1) is 12.8 Å². The van der Waals surface area contributed by atoms with E-state index in [1.165, 1.54) is 0 Å². The van der Waals surface area contributed by atoms with Gasteiger partial charge in [0.1, 0.15) is 10.0 Å². The predicted molar refractivity (Wildman–Crippen MR) is 51.3 cm³/mol. The van der Waals surface area contributed by atoms with Crippen molar-refractivity contribution in [3.05, 3.63) is 10.0 Å². The van der Waals surface area contributed by atoms with E-state index >= 15 is 0 Å². The van der Waals surface area contributed by atoms with Crippen molar-refractivity contribution in [2.45, 2.75) is 20.3 Å². The standard InChI is InChI=1S/C7H11BrN2S/c1-5(4-8)3-7-10-9-6(2)11-7/h5H,3-4H2,1-2H3. The van der Waals surface area contributed by atoms with Crippen LogP contribution in [0.1, 0.15) is 16.9 Å². The Morgan fingerprint density at radius 2 is 2.27 bits per heavy atom. The third-order valence-corrected chi connectivity index (χ3v) is 3.32. The number of halogens is 1. The van der Waals surface area contributed by atoms with Crippen LogP contribution in [0.25, 0.3) is 0 Å². The molecular formula is C7H11BrN2S. The molecule has 1 unspecified atom stereocenters. The molecule has 4 heteroatoms. The average Bonchev–Trinajstić information content (AvgIpc) is 2.35. The number of aromatic nitrogens is 2. The van der Waals surface area contributed by atoms with Crippen molar-refractivity contribution in [3.63, 3.8) is 0 Å². The molecule has 62 valence electrons. The molecular weight excluding hydrogens is 224 g/mol. The number of hydrogen-bond donors (Lipinski definition) is 0. The van der Waals surface area contributed by atoms with Crippen molar-refractivity contribution in [2.24, 2.45) is 5.92 Å². The van der Waals surface area contributed by atoms with Gasteiger partial charge in [-0.25, -0.2) is 0 Å². The number of alkyl halides is 1. The van der Waals surface area contributed by atoms with Gasteiger partial charge in [0.2, 0.25) is 0 Å². The average molecular weight is 235 g/mol. The van der Waals surface area contributed by atoms with Crippen LogP contribution in [-0.4, -0.2) is 15.5 Å². The second-order valence-corrected chi connectivity index (χ2v) is 4.59. The van der Waals surface area contributed by atoms with Gasteiger partial charge in [-0.05, 0) is 12.8 Å². The summed E-state index contributed by atoms with van der Waals surface area (Å²) < 4.78 is 0. The zero-order valence-electron chi connectivity index (χ0n) is 6.67. The van der Waals surface area contributed by atoms with E-state index < -0.39 is 0 Å². The largest absolute Gasteiger partial charge is 0.144 e. The summed E-state index contributed by atoms with van der Waals surface area (Å²) in [7, 11) is 0. The summed E-state index contributed by atoms with van der Waals surface area (Å²) in [6.45, 7) is 4.19. The quantitative estimate of drug-likeness (QED) is 0.752. The Balaban J connectivity index is 2.50. The lowest BCUT2D eigenvalue weighted by atomic mass is 10.1. The van der Waals surface area contributed by atoms with Crippen LogP contribution in [-0.2, 0) is 6.42 Å². The normalized spacial score (nSPS) is 13.4. The van der Waals surface area contributed by atoms with Gasteiger partial charge in [-0.15, -0.1) is 21.5 Å². The van der Waals surface area contributed by atoms with Crippen LogP contribution in [0.3, 0.4) is 0 Å². The van der Waals surface area contributed by atoms with Crippen LogP contribution < -0.4 is 0 Å². The molecule has 1 aromatic heterocycles. The molecule has 0 amide bonds. The topological polar surface area (TPSA) is 25.8 Å². The van der Waals surface area contributed by atoms with E-state index in [-0.39, 0.29) is 0 Å². The maximum absolute atomic E-state index is 4.05. The van der Waals surface area contributed by atoms with Crippen LogP contribution in [0.2, 0.25) is 0 Å². The molecule has 1 atom stereocenters. The molecule has 0 bridgehead atoms. The maximum atomic E-state index is 4.05. The Hall–Kier alpha value is 0.0400. The lowest BCUT2D eigenvalue weighted by Crippen LogP contribution is -1.99. The van der Waals surface area contributed by atoms with Crippen molar-refractivity contribution < 1.29 is 0 Å². The second kappa shape index (κ2) is 4.16. The number of rotatable bonds is 3. The fourth-order valence-electron chi connectivity index (χ4n) is 0.773. The monoisotopic (exact) mass is 234 g/mol. The lowest BCUT2D eigenvalue weighted by molar-refractivity contribution is 0.655. The molecule has 0 spiro atoms. The zero-order valence-corrected chi connectivity index (χ0v) is 9.07. The highest BCUT2D eigenvalue weighted by Crippen LogP contribution is 2.14. The second-order valence-electron chi connectivity index (χ2n) is 2.68. The van der Waals surface area contributed by atoms with Crippen LogP contribution in [0.4, 0.5) is 0 Å². The third-order valence-electron chi connectivity index (χ3n) is 1.35. The minimum atomic E-state index is 0.655. The molecule has 0 radical (unpaired) electrons. The van der Waals surface area contributed by atoms with Crippen LogP contribution in [0.5, 0.6) is 0 Å². The van der Waals surface area contributed by atoms with E-state index in [0.29, 0.717) is 5.92 Å². The molecule has 0 aliphatic heterocycles. The fourth-order valence-corrected chi connectivity index (χ4v) is 1.87. The van der Waals surface area contributed by atoms with Gasteiger partial charge in [-0.1, -0.05) is 22.9 Å². The van der Waals surface area contributed by atoms with E-state index in [1.54, 1.807) is 11.3 Å². The van der Waals surface area contributed by atoms with Gasteiger partial charge < -0.3 is 0 Å². The van der Waals surface area contributed by atoms with Crippen LogP contribution in [0.15, 0.2) is 0 Å². The molecule has 1 rings (SSSR count). The summed E-state index contributed by atoms with van der Waals surface area (Å²) >= 11 is 5.12. The SMILES string of the molecule is Cc1nnc(CC(C)CBr)s1. The summed E-state index contributed by atoms with van der Waals surface area (Å²) in [5, 5.41) is 11.2. The number of hydrogen-bond acceptors (Lipinski definition) is 3. The Morgan fingerprint density at radius 3 is 2.73 bits per heavy atom. The van der Waals surface area contributed by atoms with Crippen molar-refractivity contribution >= 4 is 27.3 Å². The first kappa shape index (κ1) is 9.13. The summed E-state index contributed by atoms with van der Waals surface area (Å²) in [4.78, 5) is 0. The summed E-state index contributed by atoms with van der Waals surface area (Å²) in [5.41, 5.74) is 0. The van der Waals surface area contributed by atoms with Crippen molar-refractivity contribution in [1.29, 1.82) is 0 Å². The minimum Gasteiger partial charge on any atom is -0.144 e. The van der Waals surface area contributed by atoms with E-state index in [9.17, 15) is 0 Å². The van der Waals surface area contributed by atoms with E-state index in [2.05, 4.69) is 33.1 Å². The first-order valence-electron chi connectivity index (χ1n) is 3.57. The molecule has 0 aliphatic carbocycles. The van der Waals surface area contributed by atoms with Gasteiger partial charge in [0, 0.05) is 11.8 Å². The molecule has 0 saturated carbocycles. The van der Waals surface area contributed by atoms with Crippen molar-refractivity contribution in [2.75, 3.05) is 5.33 Å². The first-order chi connectivity index (χ1) is 5.22. The Kier molecular flexibility index (Phi) is 3.45. The molecule has 0 aliphatic rings. The van der Waals surface area contributed by atoms with Crippen molar-refractivity contribution in [1.82, 2.24) is 10.2 Å². The smallest absolute Gasteiger partial charge is 0.117 e. The Labute approximate surface area is 79.2 Å². The summed E-state index contributed by atoms with van der Waals surface area (Å²) in [6.07, 6.45) is 1.04. The lowest BCUT2D eigenvalue weighted by Gasteiger charge is -2.01. The van der Waals surface area contributed by atoms with Gasteiger partial charge >= 0.3 is 0 Å². The predicted octanol–water partition coefficient (Wildman–Crippen LogP) is 2.42. The van der Waals surface area contributed by atoms with Gasteiger partial charge in [0.15, 0.2) is 0 Å². The fraction of sp³-hybridized carbons (Fsp3) is 0.714. The van der Waals surface area contributed by atoms with Gasteiger partial charge in [0.25, 0.3) is 0 Å². The first-order valence-corrected chi connectivity index (χ1v) is 5.51. The molecule has 1 aromatic rings. The number of aryl methyl sites for hydroxylation is 1. The summed E-state index contributed by atoms with van der Waals surface area (Å²) in [6, 6.07) is 0. The molecule has 0 saturated heterocycles. The molecule has 0 N–H and O–H groups in total. The number of nitrogens with zero attached hydrogens (tertiary/aromatic N) is 2. The summed E-state index contributed by atoms with van der Waals surface area (Å²) in [5.74, 6) is 0.655. The molecule has 0 fully saturated rings. The van der Waals surface area contributed by atoms with Gasteiger partial charge in [-0.2, -0.15) is 0 Å². The Morgan fingerprint density at radius 1 is 1.55 bits per heavy atom. The van der Waals surface area contributed by atoms with Crippen molar-refractivity contribution in [3.8, 4) is 0 Å². The highest BCUT2D eigenvalue weighted by molar-refractivity contribution is 9.09. The van der Waals surface area contributed by atoms with Gasteiger partial charge in [0.05, 0.1) is 0 Å². The molecule has 2 nitrogen and oxygen atoms in total. The van der Waals surface area contributed by atoms with E-state index in [0.717, 1.165) is 21.8 Å². The highest BCUT2D eigenvalue weighted by Gasteiger charge is 2.05.